The van der Waals surface area contributed by atoms with Gasteiger partial charge in [-0.2, -0.15) is 0 Å². The van der Waals surface area contributed by atoms with Crippen LogP contribution >= 0.6 is 933 Å². The topological polar surface area (TPSA) is 0 Å². The Morgan fingerprint density at radius 1 is 0.103 bits per heavy atom. The fourth-order valence-corrected chi connectivity index (χ4v) is 1760. The largest absolute Gasteiger partial charge is 0.102 e. The van der Waals surface area contributed by atoms with Crippen molar-refractivity contribution in [2.24, 2.45) is 0 Å². The number of rotatable bonds is 57. The van der Waals surface area contributed by atoms with Crippen molar-refractivity contribution in [1.29, 1.82) is 0 Å². The molecule has 0 fully saturated rings. The molecule has 117 heteroatoms. The maximum atomic E-state index is 5.09. The summed E-state index contributed by atoms with van der Waals surface area (Å²) in [6.07, 6.45) is 0. The first kappa shape index (κ1) is 167. The fraction of sp³-hybridized carbons (Fsp3) is 0. The molecule has 0 saturated heterocycles. The molecular formula is H117P117. The third kappa shape index (κ3) is 58.8. The highest BCUT2D eigenvalue weighted by molar-refractivity contribution is 9.62. The van der Waals surface area contributed by atoms with Crippen LogP contribution in [0.25, 0.3) is 0 Å². The predicted octanol–water partition coefficient (Wildman–Crippen LogP) is 69.4. The molecular weight excluding hydrogens is 3620 g/mol. The average Bonchev–Trinajstić information content (AvgIpc) is 0.701. The van der Waals surface area contributed by atoms with Gasteiger partial charge in [-0.3, -0.25) is 0 Å². The summed E-state index contributed by atoms with van der Waals surface area (Å²) in [5.74, 6) is 0. The van der Waals surface area contributed by atoms with Gasteiger partial charge < -0.3 is 0 Å². The molecule has 0 heterocycles. The zero-order valence-electron chi connectivity index (χ0n) is 59.9. The second-order valence-corrected chi connectivity index (χ2v) is 503. The molecule has 0 aliphatic heterocycles. The molecule has 0 amide bonds. The van der Waals surface area contributed by atoms with Crippen molar-refractivity contribution in [2.45, 2.75) is 0 Å². The Morgan fingerprint density at radius 2 is 0.162 bits per heavy atom. The van der Waals surface area contributed by atoms with E-state index in [0.29, 0.717) is 0 Å². The van der Waals surface area contributed by atoms with Crippen molar-refractivity contribution >= 4 is 933 Å². The normalized spacial score (nSPS) is 15.8. The molecule has 0 rings (SSSR count). The molecule has 0 spiro atoms. The number of hydrogen-bond donors (Lipinski definition) is 0. The van der Waals surface area contributed by atoms with E-state index in [4.69, 9.17) is 17.9 Å². The molecule has 0 aliphatic rings. The quantitative estimate of drug-likeness (QED) is 0.0533. The first-order chi connectivity index (χ1) is 53.3. The highest BCUT2D eigenvalue weighted by Gasteiger charge is 2.69. The second kappa shape index (κ2) is 92.0. The van der Waals surface area contributed by atoms with E-state index >= 15 is 0 Å². The zero-order chi connectivity index (χ0) is 92.6. The van der Waals surface area contributed by atoms with Crippen molar-refractivity contribution in [3.05, 3.63) is 0 Å². The summed E-state index contributed by atoms with van der Waals surface area (Å²) in [5.41, 5.74) is 0. The van der Waals surface area contributed by atoms with Gasteiger partial charge in [0.1, 0.15) is 0 Å². The van der Waals surface area contributed by atoms with Gasteiger partial charge in [0.05, 0.1) is 0 Å². The highest BCUT2D eigenvalue weighted by Crippen LogP contribution is 3.56. The standard InChI is InChI=1S/H117P117/c1-60-90(61(2)3)105(91(62(4)5)63(6)7)112(104(88(56)57)89(58)59)116(113(106(92(64(8)9)65(10)11)93(66(12)13)67(14)15)107(94(68(16)17)69(18)19)95(70(20)21)71(22)23)117(114(108(96(72(24)25)73(26)27)97(74(28)29)75(30)31)109(98(76(32)33)77(34)35)99(78(36)37)79(38)39)115(110(100(80(40)41)81(42)43)101(82(44)45)83(46)47)111(102(84(48)49)85(50)51)103(86(52)53)87(54)55/h1-2,60H,3-59H2. The van der Waals surface area contributed by atoms with Crippen LogP contribution < -0.4 is 0 Å². The third-order valence-electron chi connectivity index (χ3n) is 10.4. The monoisotopic (exact) mass is 3740 g/mol. The zero-order valence-corrected chi connectivity index (χ0v) is 180. The van der Waals surface area contributed by atoms with Gasteiger partial charge in [0, 0.05) is 0 Å². The summed E-state index contributed by atoms with van der Waals surface area (Å²) in [5, 5.41) is 0. The van der Waals surface area contributed by atoms with Gasteiger partial charge in [-0.1, -0.05) is 25.8 Å². The van der Waals surface area contributed by atoms with Crippen LogP contribution in [-0.2, 0) is 0 Å². The van der Waals surface area contributed by atoms with Gasteiger partial charge in [0.25, 0.3) is 0 Å². The molecule has 0 N–H and O–H groups in total. The molecule has 0 nitrogen and oxygen atoms in total. The molecule has 117 heavy (non-hydrogen) atoms. The van der Waals surface area contributed by atoms with E-state index in [9.17, 15) is 0 Å². The molecule has 63 unspecified atom stereocenters. The molecule has 0 aromatic heterocycles. The smallest absolute Gasteiger partial charge is 0.000000183 e. The van der Waals surface area contributed by atoms with E-state index in [1.54, 1.807) is 0 Å². The predicted molar refractivity (Wildman–Crippen MR) is 973 cm³/mol. The summed E-state index contributed by atoms with van der Waals surface area (Å²) in [6.45, 7) is -31.2. The van der Waals surface area contributed by atoms with Crippen LogP contribution in [0.3, 0.4) is 0 Å². The average molecular weight is 3740 g/mol. The maximum absolute atomic E-state index is 5.09. The SMILES string of the molecule is [PH]PP(P([PH])P)P(P(P(P)P)P(P)P)P(P(P(P)P)P(P)P)P(P(P(P(P(P)P)P(P)P)P(P(P)P)P(P)P)P(P(P(P)P)P(P)P)P(P(P)P)P(P)P)P(P(P(P(P(P)P)P(P)P)P(P(P)P)P(P)P)P(P(P(P)P)P(P)P)P(P(P)P)P(P)P)P(P(P(P(P)P)P(P)P)P(P(P)P)P(P)P)P(P(P(P)P)P(P)P)P(P(P)P)P(P)P. The van der Waals surface area contributed by atoms with Crippen LogP contribution in [0.5, 0.6) is 0 Å². The summed E-state index contributed by atoms with van der Waals surface area (Å²) in [4.78, 5) is 0. The van der Waals surface area contributed by atoms with Crippen LogP contribution in [0.4, 0.5) is 0 Å². The summed E-state index contributed by atoms with van der Waals surface area (Å²) in [7, 11) is 232. The Morgan fingerprint density at radius 3 is 0.222 bits per heavy atom. The van der Waals surface area contributed by atoms with Gasteiger partial charge in [-0.15, -0.1) is 509 Å². The van der Waals surface area contributed by atoms with E-state index in [-0.39, 0.29) is 0 Å². The van der Waals surface area contributed by atoms with Gasteiger partial charge in [-0.25, -0.2) is 0 Å². The summed E-state index contributed by atoms with van der Waals surface area (Å²) >= 11 is 0. The first-order valence-corrected chi connectivity index (χ1v) is 240. The molecule has 0 bridgehead atoms. The van der Waals surface area contributed by atoms with Crippen LogP contribution in [0.15, 0.2) is 0 Å². The molecule has 2 radical (unpaired) electrons. The van der Waals surface area contributed by atoms with Crippen LogP contribution in [0.1, 0.15) is 0 Å². The van der Waals surface area contributed by atoms with Crippen molar-refractivity contribution in [3.63, 3.8) is 0 Å². The Labute approximate surface area is 917 Å². The Balaban J connectivity index is 16.3. The van der Waals surface area contributed by atoms with Crippen molar-refractivity contribution < 1.29 is 0 Å². The van der Waals surface area contributed by atoms with E-state index in [2.05, 4.69) is 509 Å². The molecule has 0 aromatic carbocycles. The van der Waals surface area contributed by atoms with Crippen molar-refractivity contribution in [2.75, 3.05) is 0 Å². The lowest BCUT2D eigenvalue weighted by Crippen LogP contribution is -1.78. The molecule has 0 saturated carbocycles. The molecule has 702 valence electrons. The van der Waals surface area contributed by atoms with Gasteiger partial charge >= 0.3 is 0 Å². The van der Waals surface area contributed by atoms with Gasteiger partial charge in [0.15, 0.2) is 0 Å². The second-order valence-electron chi connectivity index (χ2n) is 18.6. The van der Waals surface area contributed by atoms with Crippen molar-refractivity contribution in [1.82, 2.24) is 0 Å². The van der Waals surface area contributed by atoms with Crippen LogP contribution in [-0.4, -0.2) is 0 Å². The summed E-state index contributed by atoms with van der Waals surface area (Å²) < 4.78 is 0. The minimum Gasteiger partial charge on any atom is -0.102 e. The van der Waals surface area contributed by atoms with Crippen LogP contribution in [0.2, 0.25) is 0 Å². The lowest BCUT2D eigenvalue weighted by atomic mass is 28.3. The molecule has 0 aromatic rings. The van der Waals surface area contributed by atoms with E-state index in [1.165, 1.54) is 0 Å². The Kier molecular flexibility index (Phi) is 132. The molecule has 0 aliphatic carbocycles. The van der Waals surface area contributed by atoms with Crippen molar-refractivity contribution in [3.8, 4) is 0 Å². The van der Waals surface area contributed by atoms with E-state index in [0.717, 1.165) is 7.96 Å². The van der Waals surface area contributed by atoms with E-state index < -0.39 is 398 Å². The third-order valence-corrected chi connectivity index (χ3v) is 844. The Bertz CT molecular complexity index is 2040. The Hall–Kier alpha value is 50.3. The number of hydrogen-bond acceptors (Lipinski definition) is 0. The van der Waals surface area contributed by atoms with E-state index in [1.807, 2.05) is 0 Å². The highest BCUT2D eigenvalue weighted by atomic mass is 33.7. The lowest BCUT2D eigenvalue weighted by molar-refractivity contribution is 4.28. The first-order valence-electron chi connectivity index (χ1n) is 26.6. The maximum Gasteiger partial charge on any atom is -0.000000183 e. The van der Waals surface area contributed by atoms with Gasteiger partial charge in [-0.05, 0) is 398 Å². The van der Waals surface area contributed by atoms with Gasteiger partial charge in [0.2, 0.25) is 0 Å². The lowest BCUT2D eigenvalue weighted by Gasteiger charge is -2.65. The van der Waals surface area contributed by atoms with Crippen LogP contribution in [0, 0.1) is 0 Å². The minimum absolute atomic E-state index is 0.484. The fourth-order valence-electron chi connectivity index (χ4n) is 7.24. The minimum atomic E-state index is -0.803. The summed E-state index contributed by atoms with van der Waals surface area (Å²) in [6, 6.07) is 0. The molecule has 63 atom stereocenters.